The molecule has 0 aromatic heterocycles. The number of benzene rings is 1. The molecular weight excluding hydrogens is 263 g/mol. The van der Waals surface area contributed by atoms with Gasteiger partial charge >= 0.3 is 11.9 Å². The lowest BCUT2D eigenvalue weighted by Gasteiger charge is -2.14. The Morgan fingerprint density at radius 1 is 1.20 bits per heavy atom. The zero-order valence-electron chi connectivity index (χ0n) is 11.7. The van der Waals surface area contributed by atoms with Crippen LogP contribution >= 0.6 is 0 Å². The first-order valence-electron chi connectivity index (χ1n) is 6.64. The van der Waals surface area contributed by atoms with Crippen LogP contribution in [0, 0.1) is 5.82 Å². The van der Waals surface area contributed by atoms with Gasteiger partial charge in [0.2, 0.25) is 0 Å². The Morgan fingerprint density at radius 3 is 2.50 bits per heavy atom. The Labute approximate surface area is 117 Å². The number of carbonyl (C=O) groups is 2. The summed E-state index contributed by atoms with van der Waals surface area (Å²) in [6, 6.07) is 6.16. The fraction of sp³-hybridized carbons (Fsp3) is 0.467. The summed E-state index contributed by atoms with van der Waals surface area (Å²) in [4.78, 5) is 22.7. The molecule has 0 amide bonds. The molecule has 0 radical (unpaired) electrons. The number of halogens is 1. The Balaban J connectivity index is 2.35. The lowest BCUT2D eigenvalue weighted by atomic mass is 10.1. The van der Waals surface area contributed by atoms with Crippen molar-refractivity contribution >= 4 is 11.9 Å². The molecule has 0 N–H and O–H groups in total. The number of carbonyl (C=O) groups excluding carboxylic acids is 2. The normalized spacial score (nSPS) is 11.8. The molecule has 0 aliphatic carbocycles. The number of rotatable bonds is 7. The summed E-state index contributed by atoms with van der Waals surface area (Å²) in [5.41, 5.74) is 0.339. The van der Waals surface area contributed by atoms with Crippen LogP contribution in [0.1, 0.15) is 44.8 Å². The summed E-state index contributed by atoms with van der Waals surface area (Å²) in [5, 5.41) is 0. The van der Waals surface area contributed by atoms with Gasteiger partial charge < -0.3 is 9.47 Å². The molecule has 110 valence electrons. The van der Waals surface area contributed by atoms with E-state index in [1.165, 1.54) is 6.07 Å². The van der Waals surface area contributed by atoms with E-state index in [4.69, 9.17) is 9.47 Å². The molecule has 1 atom stereocenters. The summed E-state index contributed by atoms with van der Waals surface area (Å²) in [6.45, 7) is 3.66. The minimum atomic E-state index is -0.647. The van der Waals surface area contributed by atoms with E-state index in [9.17, 15) is 14.0 Å². The van der Waals surface area contributed by atoms with Crippen molar-refractivity contribution in [3.8, 4) is 0 Å². The van der Waals surface area contributed by atoms with E-state index >= 15 is 0 Å². The highest BCUT2D eigenvalue weighted by atomic mass is 19.1. The molecule has 0 saturated carbocycles. The van der Waals surface area contributed by atoms with Gasteiger partial charge in [-0.2, -0.15) is 0 Å². The van der Waals surface area contributed by atoms with Gasteiger partial charge in [-0.05, 0) is 26.3 Å². The van der Waals surface area contributed by atoms with Gasteiger partial charge in [0.05, 0.1) is 6.61 Å². The molecule has 4 nitrogen and oxygen atoms in total. The van der Waals surface area contributed by atoms with Crippen molar-refractivity contribution in [3.05, 3.63) is 35.6 Å². The zero-order valence-corrected chi connectivity index (χ0v) is 11.7. The van der Waals surface area contributed by atoms with Crippen molar-refractivity contribution in [1.29, 1.82) is 0 Å². The molecule has 1 aromatic rings. The van der Waals surface area contributed by atoms with Crippen LogP contribution in [0.15, 0.2) is 24.3 Å². The van der Waals surface area contributed by atoms with E-state index < -0.39 is 17.9 Å². The maximum Gasteiger partial charge on any atom is 0.306 e. The molecule has 0 saturated heterocycles. The van der Waals surface area contributed by atoms with E-state index in [0.29, 0.717) is 18.6 Å². The van der Waals surface area contributed by atoms with E-state index in [1.807, 2.05) is 0 Å². The average molecular weight is 282 g/mol. The van der Waals surface area contributed by atoms with Crippen LogP contribution < -0.4 is 0 Å². The van der Waals surface area contributed by atoms with Gasteiger partial charge in [-0.25, -0.2) is 4.39 Å². The molecule has 0 bridgehead atoms. The van der Waals surface area contributed by atoms with Gasteiger partial charge in [-0.3, -0.25) is 9.59 Å². The standard InChI is InChI=1S/C15H19FO4/c1-3-19-14(17)9-6-10-15(18)20-11(2)12-7-4-5-8-13(12)16/h4-5,7-8,11H,3,6,9-10H2,1-2H3. The van der Waals surface area contributed by atoms with Crippen LogP contribution in [0.2, 0.25) is 0 Å². The van der Waals surface area contributed by atoms with Crippen LogP contribution in [0.25, 0.3) is 0 Å². The van der Waals surface area contributed by atoms with Crippen LogP contribution in [0.3, 0.4) is 0 Å². The second kappa shape index (κ2) is 8.30. The Hall–Kier alpha value is -1.91. The second-order valence-corrected chi connectivity index (χ2v) is 4.31. The van der Waals surface area contributed by atoms with E-state index in [0.717, 1.165) is 0 Å². The molecule has 1 unspecified atom stereocenters. The first kappa shape index (κ1) is 16.1. The first-order chi connectivity index (χ1) is 9.54. The molecule has 0 aliphatic rings. The number of hydrogen-bond acceptors (Lipinski definition) is 4. The minimum absolute atomic E-state index is 0.109. The summed E-state index contributed by atoms with van der Waals surface area (Å²) in [7, 11) is 0. The fourth-order valence-electron chi connectivity index (χ4n) is 1.73. The fourth-order valence-corrected chi connectivity index (χ4v) is 1.73. The van der Waals surface area contributed by atoms with Crippen molar-refractivity contribution < 1.29 is 23.5 Å². The van der Waals surface area contributed by atoms with Gasteiger partial charge in [-0.1, -0.05) is 18.2 Å². The zero-order chi connectivity index (χ0) is 15.0. The molecule has 0 spiro atoms. The van der Waals surface area contributed by atoms with Crippen LogP contribution in [-0.4, -0.2) is 18.5 Å². The third-order valence-electron chi connectivity index (χ3n) is 2.72. The lowest BCUT2D eigenvalue weighted by Crippen LogP contribution is -2.11. The Morgan fingerprint density at radius 2 is 1.85 bits per heavy atom. The van der Waals surface area contributed by atoms with Crippen LogP contribution in [0.5, 0.6) is 0 Å². The van der Waals surface area contributed by atoms with Gasteiger partial charge in [0.15, 0.2) is 0 Å². The van der Waals surface area contributed by atoms with E-state index in [1.54, 1.807) is 32.0 Å². The number of hydrogen-bond donors (Lipinski definition) is 0. The quantitative estimate of drug-likeness (QED) is 0.721. The Bertz CT molecular complexity index is 459. The third kappa shape index (κ3) is 5.38. The molecule has 0 heterocycles. The molecule has 1 rings (SSSR count). The van der Waals surface area contributed by atoms with Gasteiger partial charge in [0, 0.05) is 18.4 Å². The number of ether oxygens (including phenoxy) is 2. The van der Waals surface area contributed by atoms with Gasteiger partial charge in [0.1, 0.15) is 11.9 Å². The monoisotopic (exact) mass is 282 g/mol. The molecule has 1 aromatic carbocycles. The van der Waals surface area contributed by atoms with Crippen molar-refractivity contribution in [3.63, 3.8) is 0 Å². The van der Waals surface area contributed by atoms with Crippen molar-refractivity contribution in [2.45, 2.75) is 39.2 Å². The van der Waals surface area contributed by atoms with Crippen molar-refractivity contribution in [1.82, 2.24) is 0 Å². The van der Waals surface area contributed by atoms with E-state index in [-0.39, 0.29) is 18.8 Å². The molecular formula is C15H19FO4. The second-order valence-electron chi connectivity index (χ2n) is 4.31. The maximum absolute atomic E-state index is 13.5. The predicted octanol–water partition coefficient (Wildman–Crippen LogP) is 3.16. The maximum atomic E-state index is 13.5. The summed E-state index contributed by atoms with van der Waals surface area (Å²) in [6.07, 6.45) is 0.00214. The molecule has 0 fully saturated rings. The summed E-state index contributed by atoms with van der Waals surface area (Å²) >= 11 is 0. The van der Waals surface area contributed by atoms with Gasteiger partial charge in [-0.15, -0.1) is 0 Å². The minimum Gasteiger partial charge on any atom is -0.466 e. The summed E-state index contributed by atoms with van der Waals surface area (Å²) in [5.74, 6) is -1.19. The van der Waals surface area contributed by atoms with Gasteiger partial charge in [0.25, 0.3) is 0 Å². The Kier molecular flexibility index (Phi) is 6.70. The molecule has 0 aliphatic heterocycles. The highest BCUT2D eigenvalue weighted by Crippen LogP contribution is 2.20. The topological polar surface area (TPSA) is 52.6 Å². The SMILES string of the molecule is CCOC(=O)CCCC(=O)OC(C)c1ccccc1F. The summed E-state index contributed by atoms with van der Waals surface area (Å²) < 4.78 is 23.4. The number of esters is 2. The predicted molar refractivity (Wildman–Crippen MR) is 71.4 cm³/mol. The van der Waals surface area contributed by atoms with Crippen LogP contribution in [-0.2, 0) is 19.1 Å². The molecule has 20 heavy (non-hydrogen) atoms. The average Bonchev–Trinajstić information content (AvgIpc) is 2.39. The largest absolute Gasteiger partial charge is 0.466 e. The first-order valence-corrected chi connectivity index (χ1v) is 6.64. The highest BCUT2D eigenvalue weighted by molar-refractivity contribution is 5.72. The third-order valence-corrected chi connectivity index (χ3v) is 2.72. The van der Waals surface area contributed by atoms with Crippen molar-refractivity contribution in [2.75, 3.05) is 6.61 Å². The smallest absolute Gasteiger partial charge is 0.306 e. The lowest BCUT2D eigenvalue weighted by molar-refractivity contribution is -0.149. The van der Waals surface area contributed by atoms with Crippen molar-refractivity contribution in [2.24, 2.45) is 0 Å². The van der Waals surface area contributed by atoms with Crippen LogP contribution in [0.4, 0.5) is 4.39 Å². The highest BCUT2D eigenvalue weighted by Gasteiger charge is 2.15. The molecule has 5 heteroatoms. The van der Waals surface area contributed by atoms with E-state index in [2.05, 4.69) is 0 Å².